The van der Waals surface area contributed by atoms with Crippen molar-refractivity contribution < 1.29 is 9.18 Å². The Kier molecular flexibility index (Phi) is 4.45. The largest absolute Gasteiger partial charge is 0.333 e. The number of rotatable bonds is 4. The first-order valence-electron chi connectivity index (χ1n) is 6.57. The Morgan fingerprint density at radius 3 is 2.65 bits per heavy atom. The molecule has 0 bridgehead atoms. The van der Waals surface area contributed by atoms with Gasteiger partial charge in [-0.2, -0.15) is 0 Å². The van der Waals surface area contributed by atoms with Gasteiger partial charge in [0.15, 0.2) is 0 Å². The second-order valence-electron chi connectivity index (χ2n) is 4.61. The Labute approximate surface area is 118 Å². The van der Waals surface area contributed by atoms with Crippen LogP contribution in [-0.2, 0) is 6.54 Å². The lowest BCUT2D eigenvalue weighted by atomic mass is 10.2. The smallest absolute Gasteiger partial charge is 0.272 e. The molecule has 2 aromatic rings. The lowest BCUT2D eigenvalue weighted by Gasteiger charge is -2.20. The number of aromatic nitrogens is 1. The molecule has 3 nitrogen and oxygen atoms in total. The molecule has 1 heterocycles. The standard InChI is InChI=1S/C16H17FN2O/c1-3-19(11-13-7-5-8-14(17)10-13)16(20)15-9-4-6-12(2)18-15/h4-10H,3,11H2,1-2H3. The van der Waals surface area contributed by atoms with Gasteiger partial charge in [-0.1, -0.05) is 18.2 Å². The van der Waals surface area contributed by atoms with Gasteiger partial charge in [-0.15, -0.1) is 0 Å². The first-order valence-corrected chi connectivity index (χ1v) is 6.57. The molecule has 0 atom stereocenters. The summed E-state index contributed by atoms with van der Waals surface area (Å²) in [6.45, 7) is 4.67. The summed E-state index contributed by atoms with van der Waals surface area (Å²) in [6.07, 6.45) is 0. The van der Waals surface area contributed by atoms with Crippen LogP contribution >= 0.6 is 0 Å². The first-order chi connectivity index (χ1) is 9.60. The fourth-order valence-corrected chi connectivity index (χ4v) is 2.01. The van der Waals surface area contributed by atoms with E-state index in [1.54, 1.807) is 17.0 Å². The minimum Gasteiger partial charge on any atom is -0.333 e. The molecular formula is C16H17FN2O. The van der Waals surface area contributed by atoms with Crippen LogP contribution in [0.2, 0.25) is 0 Å². The minimum atomic E-state index is -0.292. The van der Waals surface area contributed by atoms with E-state index >= 15 is 0 Å². The van der Waals surface area contributed by atoms with Crippen LogP contribution in [0.5, 0.6) is 0 Å². The molecule has 1 aromatic carbocycles. The molecule has 2 rings (SSSR count). The maximum Gasteiger partial charge on any atom is 0.272 e. The normalized spacial score (nSPS) is 10.3. The van der Waals surface area contributed by atoms with Crippen LogP contribution in [0.4, 0.5) is 4.39 Å². The summed E-state index contributed by atoms with van der Waals surface area (Å²) < 4.78 is 13.2. The number of amides is 1. The van der Waals surface area contributed by atoms with E-state index in [1.807, 2.05) is 32.0 Å². The maximum atomic E-state index is 13.2. The molecule has 0 aliphatic rings. The second-order valence-corrected chi connectivity index (χ2v) is 4.61. The van der Waals surface area contributed by atoms with E-state index in [9.17, 15) is 9.18 Å². The molecule has 0 aliphatic heterocycles. The van der Waals surface area contributed by atoms with Crippen LogP contribution in [0.1, 0.15) is 28.7 Å². The predicted molar refractivity (Wildman–Crippen MR) is 75.8 cm³/mol. The van der Waals surface area contributed by atoms with Crippen molar-refractivity contribution in [2.24, 2.45) is 0 Å². The number of halogens is 1. The molecule has 0 unspecified atom stereocenters. The summed E-state index contributed by atoms with van der Waals surface area (Å²) in [6, 6.07) is 11.6. The van der Waals surface area contributed by atoms with Gasteiger partial charge in [-0.3, -0.25) is 4.79 Å². The van der Waals surface area contributed by atoms with E-state index in [0.717, 1.165) is 11.3 Å². The summed E-state index contributed by atoms with van der Waals surface area (Å²) in [4.78, 5) is 18.3. The van der Waals surface area contributed by atoms with Gasteiger partial charge in [0, 0.05) is 18.8 Å². The molecule has 0 spiro atoms. The number of benzene rings is 1. The Morgan fingerprint density at radius 2 is 2.00 bits per heavy atom. The lowest BCUT2D eigenvalue weighted by molar-refractivity contribution is 0.0746. The van der Waals surface area contributed by atoms with E-state index in [1.165, 1.54) is 12.1 Å². The second kappa shape index (κ2) is 6.28. The summed E-state index contributed by atoms with van der Waals surface area (Å²) >= 11 is 0. The number of pyridine rings is 1. The van der Waals surface area contributed by atoms with Crippen LogP contribution in [0.3, 0.4) is 0 Å². The zero-order valence-corrected chi connectivity index (χ0v) is 11.6. The number of nitrogens with zero attached hydrogens (tertiary/aromatic N) is 2. The molecule has 0 fully saturated rings. The molecule has 104 valence electrons. The van der Waals surface area contributed by atoms with E-state index in [2.05, 4.69) is 4.98 Å². The lowest BCUT2D eigenvalue weighted by Crippen LogP contribution is -2.31. The van der Waals surface area contributed by atoms with Gasteiger partial charge in [0.1, 0.15) is 11.5 Å². The Bertz CT molecular complexity index is 613. The fourth-order valence-electron chi connectivity index (χ4n) is 2.01. The highest BCUT2D eigenvalue weighted by atomic mass is 19.1. The van der Waals surface area contributed by atoms with Crippen LogP contribution in [0.25, 0.3) is 0 Å². The minimum absolute atomic E-state index is 0.138. The number of hydrogen-bond acceptors (Lipinski definition) is 2. The third-order valence-corrected chi connectivity index (χ3v) is 3.04. The average Bonchev–Trinajstić information content (AvgIpc) is 2.44. The monoisotopic (exact) mass is 272 g/mol. The van der Waals surface area contributed by atoms with Gasteiger partial charge in [0.05, 0.1) is 0 Å². The van der Waals surface area contributed by atoms with Crippen molar-refractivity contribution in [2.75, 3.05) is 6.54 Å². The third kappa shape index (κ3) is 3.41. The molecular weight excluding hydrogens is 255 g/mol. The molecule has 0 aliphatic carbocycles. The van der Waals surface area contributed by atoms with Crippen LogP contribution in [0, 0.1) is 12.7 Å². The molecule has 1 aromatic heterocycles. The van der Waals surface area contributed by atoms with E-state index in [0.29, 0.717) is 18.8 Å². The van der Waals surface area contributed by atoms with Crippen LogP contribution in [-0.4, -0.2) is 22.3 Å². The highest BCUT2D eigenvalue weighted by Crippen LogP contribution is 2.10. The molecule has 0 saturated heterocycles. The average molecular weight is 272 g/mol. The summed E-state index contributed by atoms with van der Waals surface area (Å²) in [7, 11) is 0. The van der Waals surface area contributed by atoms with Crippen molar-refractivity contribution in [1.29, 1.82) is 0 Å². The topological polar surface area (TPSA) is 33.2 Å². The Balaban J connectivity index is 2.18. The quantitative estimate of drug-likeness (QED) is 0.856. The van der Waals surface area contributed by atoms with Gasteiger partial charge in [0.25, 0.3) is 5.91 Å². The predicted octanol–water partition coefficient (Wildman–Crippen LogP) is 3.19. The van der Waals surface area contributed by atoms with Crippen molar-refractivity contribution in [3.05, 3.63) is 65.2 Å². The van der Waals surface area contributed by atoms with Crippen LogP contribution < -0.4 is 0 Å². The van der Waals surface area contributed by atoms with Crippen molar-refractivity contribution >= 4 is 5.91 Å². The number of hydrogen-bond donors (Lipinski definition) is 0. The molecule has 0 radical (unpaired) electrons. The number of carbonyl (C=O) groups is 1. The number of aryl methyl sites for hydroxylation is 1. The van der Waals surface area contributed by atoms with E-state index < -0.39 is 0 Å². The molecule has 20 heavy (non-hydrogen) atoms. The third-order valence-electron chi connectivity index (χ3n) is 3.04. The van der Waals surface area contributed by atoms with Gasteiger partial charge in [-0.05, 0) is 43.7 Å². The summed E-state index contributed by atoms with van der Waals surface area (Å²) in [5.74, 6) is -0.430. The highest BCUT2D eigenvalue weighted by molar-refractivity contribution is 5.92. The van der Waals surface area contributed by atoms with Crippen molar-refractivity contribution in [3.63, 3.8) is 0 Å². The van der Waals surface area contributed by atoms with Crippen LogP contribution in [0.15, 0.2) is 42.5 Å². The van der Waals surface area contributed by atoms with E-state index in [4.69, 9.17) is 0 Å². The summed E-state index contributed by atoms with van der Waals surface area (Å²) in [5, 5.41) is 0. The van der Waals surface area contributed by atoms with Crippen molar-refractivity contribution in [1.82, 2.24) is 9.88 Å². The zero-order chi connectivity index (χ0) is 14.5. The van der Waals surface area contributed by atoms with Gasteiger partial charge >= 0.3 is 0 Å². The fraction of sp³-hybridized carbons (Fsp3) is 0.250. The Hall–Kier alpha value is -2.23. The van der Waals surface area contributed by atoms with E-state index in [-0.39, 0.29) is 11.7 Å². The first kappa shape index (κ1) is 14.2. The summed E-state index contributed by atoms with van der Waals surface area (Å²) in [5.41, 5.74) is 1.99. The van der Waals surface area contributed by atoms with Gasteiger partial charge < -0.3 is 4.90 Å². The SMILES string of the molecule is CCN(Cc1cccc(F)c1)C(=O)c1cccc(C)n1. The van der Waals surface area contributed by atoms with Gasteiger partial charge in [0.2, 0.25) is 0 Å². The Morgan fingerprint density at radius 1 is 1.25 bits per heavy atom. The maximum absolute atomic E-state index is 13.2. The van der Waals surface area contributed by atoms with Gasteiger partial charge in [-0.25, -0.2) is 9.37 Å². The van der Waals surface area contributed by atoms with Crippen molar-refractivity contribution in [3.8, 4) is 0 Å². The zero-order valence-electron chi connectivity index (χ0n) is 11.6. The molecule has 1 amide bonds. The van der Waals surface area contributed by atoms with Crippen molar-refractivity contribution in [2.45, 2.75) is 20.4 Å². The molecule has 0 saturated carbocycles. The molecule has 0 N–H and O–H groups in total. The number of carbonyl (C=O) groups excluding carboxylic acids is 1. The highest BCUT2D eigenvalue weighted by Gasteiger charge is 2.16. The molecule has 4 heteroatoms.